The molecule has 4 heteroatoms. The lowest BCUT2D eigenvalue weighted by atomic mass is 10.0. The van der Waals surface area contributed by atoms with Gasteiger partial charge in [-0.1, -0.05) is 18.2 Å². The minimum Gasteiger partial charge on any atom is -0.497 e. The molecule has 0 saturated carbocycles. The van der Waals surface area contributed by atoms with Gasteiger partial charge in [0.1, 0.15) is 5.75 Å². The third kappa shape index (κ3) is 3.42. The van der Waals surface area contributed by atoms with Crippen molar-refractivity contribution in [3.63, 3.8) is 0 Å². The summed E-state index contributed by atoms with van der Waals surface area (Å²) in [7, 11) is 3.07. The number of benzene rings is 2. The van der Waals surface area contributed by atoms with E-state index in [2.05, 4.69) is 0 Å². The Balaban J connectivity index is 2.16. The molecule has 0 bridgehead atoms. The first-order valence-corrected chi connectivity index (χ1v) is 6.68. The Labute approximate surface area is 123 Å². The van der Waals surface area contributed by atoms with Crippen LogP contribution in [0.1, 0.15) is 16.5 Å². The van der Waals surface area contributed by atoms with Crippen LogP contribution < -0.4 is 9.47 Å². The molecule has 0 saturated heterocycles. The molecule has 0 aliphatic heterocycles. The highest BCUT2D eigenvalue weighted by atomic mass is 35.5. The zero-order valence-corrected chi connectivity index (χ0v) is 12.2. The SMILES string of the molecule is COc1cccc(CC(Cl)c2ccc(F)c(OC)c2)c1. The van der Waals surface area contributed by atoms with Crippen molar-refractivity contribution in [1.29, 1.82) is 0 Å². The molecule has 20 heavy (non-hydrogen) atoms. The van der Waals surface area contributed by atoms with Crippen molar-refractivity contribution >= 4 is 11.6 Å². The number of halogens is 2. The third-order valence-electron chi connectivity index (χ3n) is 3.09. The van der Waals surface area contributed by atoms with Gasteiger partial charge in [0.05, 0.1) is 19.6 Å². The van der Waals surface area contributed by atoms with Gasteiger partial charge < -0.3 is 9.47 Å². The van der Waals surface area contributed by atoms with Crippen molar-refractivity contribution in [2.45, 2.75) is 11.8 Å². The topological polar surface area (TPSA) is 18.5 Å². The molecule has 0 spiro atoms. The van der Waals surface area contributed by atoms with E-state index >= 15 is 0 Å². The maximum atomic E-state index is 13.4. The molecule has 2 aromatic rings. The summed E-state index contributed by atoms with van der Waals surface area (Å²) >= 11 is 6.40. The highest BCUT2D eigenvalue weighted by Gasteiger charge is 2.12. The summed E-state index contributed by atoms with van der Waals surface area (Å²) in [5, 5.41) is -0.253. The second kappa shape index (κ2) is 6.62. The van der Waals surface area contributed by atoms with E-state index in [1.807, 2.05) is 24.3 Å². The minimum absolute atomic E-state index is 0.207. The molecular formula is C16H16ClFO2. The van der Waals surface area contributed by atoms with E-state index in [4.69, 9.17) is 21.1 Å². The van der Waals surface area contributed by atoms with Crippen molar-refractivity contribution in [2.75, 3.05) is 14.2 Å². The largest absolute Gasteiger partial charge is 0.497 e. The second-order valence-electron chi connectivity index (χ2n) is 4.42. The molecule has 0 heterocycles. The van der Waals surface area contributed by atoms with Crippen molar-refractivity contribution in [3.05, 3.63) is 59.4 Å². The van der Waals surface area contributed by atoms with Crippen LogP contribution in [0.5, 0.6) is 11.5 Å². The molecule has 2 aromatic carbocycles. The number of rotatable bonds is 5. The summed E-state index contributed by atoms with van der Waals surface area (Å²) in [5.41, 5.74) is 1.89. The van der Waals surface area contributed by atoms with Crippen LogP contribution in [0, 0.1) is 5.82 Å². The van der Waals surface area contributed by atoms with E-state index in [1.165, 1.54) is 13.2 Å². The number of ether oxygens (including phenoxy) is 2. The van der Waals surface area contributed by atoms with E-state index in [0.717, 1.165) is 16.9 Å². The summed E-state index contributed by atoms with van der Waals surface area (Å²) in [6.07, 6.45) is 0.632. The quantitative estimate of drug-likeness (QED) is 0.763. The zero-order valence-electron chi connectivity index (χ0n) is 11.4. The molecule has 1 unspecified atom stereocenters. The molecule has 0 radical (unpaired) electrons. The molecule has 0 N–H and O–H groups in total. The summed E-state index contributed by atoms with van der Waals surface area (Å²) < 4.78 is 23.5. The van der Waals surface area contributed by atoms with Crippen molar-refractivity contribution in [2.24, 2.45) is 0 Å². The van der Waals surface area contributed by atoms with Crippen LogP contribution in [0.15, 0.2) is 42.5 Å². The monoisotopic (exact) mass is 294 g/mol. The predicted octanol–water partition coefficient (Wildman–Crippen LogP) is 4.37. The fraction of sp³-hybridized carbons (Fsp3) is 0.250. The highest BCUT2D eigenvalue weighted by molar-refractivity contribution is 6.20. The predicted molar refractivity (Wildman–Crippen MR) is 78.2 cm³/mol. The first kappa shape index (κ1) is 14.7. The molecule has 0 aliphatic rings. The molecular weight excluding hydrogens is 279 g/mol. The maximum absolute atomic E-state index is 13.4. The Bertz CT molecular complexity index is 586. The van der Waals surface area contributed by atoms with Crippen molar-refractivity contribution in [1.82, 2.24) is 0 Å². The van der Waals surface area contributed by atoms with Crippen LogP contribution in [-0.4, -0.2) is 14.2 Å². The Morgan fingerprint density at radius 3 is 2.60 bits per heavy atom. The first-order valence-electron chi connectivity index (χ1n) is 6.24. The molecule has 0 fully saturated rings. The Morgan fingerprint density at radius 2 is 1.90 bits per heavy atom. The lowest BCUT2D eigenvalue weighted by Crippen LogP contribution is -1.98. The van der Waals surface area contributed by atoms with E-state index in [-0.39, 0.29) is 16.9 Å². The lowest BCUT2D eigenvalue weighted by Gasteiger charge is -2.12. The smallest absolute Gasteiger partial charge is 0.165 e. The lowest BCUT2D eigenvalue weighted by molar-refractivity contribution is 0.386. The fourth-order valence-electron chi connectivity index (χ4n) is 2.00. The summed E-state index contributed by atoms with van der Waals surface area (Å²) in [6.45, 7) is 0. The first-order chi connectivity index (χ1) is 9.63. The van der Waals surface area contributed by atoms with Gasteiger partial charge in [0.2, 0.25) is 0 Å². The van der Waals surface area contributed by atoms with E-state index in [9.17, 15) is 4.39 Å². The molecule has 2 rings (SSSR count). The standard InChI is InChI=1S/C16H16ClFO2/c1-19-13-5-3-4-11(8-13)9-14(17)12-6-7-15(18)16(10-12)20-2/h3-8,10,14H,9H2,1-2H3. The minimum atomic E-state index is -0.388. The average Bonchev–Trinajstić information content (AvgIpc) is 2.47. The van der Waals surface area contributed by atoms with Crippen LogP contribution in [0.3, 0.4) is 0 Å². The number of methoxy groups -OCH3 is 2. The van der Waals surface area contributed by atoms with Crippen molar-refractivity contribution < 1.29 is 13.9 Å². The Hall–Kier alpha value is -1.74. The summed E-state index contributed by atoms with van der Waals surface area (Å²) in [6, 6.07) is 12.4. The molecule has 2 nitrogen and oxygen atoms in total. The van der Waals surface area contributed by atoms with Gasteiger partial charge in [-0.3, -0.25) is 0 Å². The number of hydrogen-bond acceptors (Lipinski definition) is 2. The average molecular weight is 295 g/mol. The summed E-state index contributed by atoms with van der Waals surface area (Å²) in [4.78, 5) is 0. The zero-order chi connectivity index (χ0) is 14.5. The molecule has 0 aliphatic carbocycles. The Morgan fingerprint density at radius 1 is 1.10 bits per heavy atom. The normalized spacial score (nSPS) is 12.0. The van der Waals surface area contributed by atoms with Crippen LogP contribution >= 0.6 is 11.6 Å². The van der Waals surface area contributed by atoms with Gasteiger partial charge >= 0.3 is 0 Å². The van der Waals surface area contributed by atoms with Crippen LogP contribution in [0.25, 0.3) is 0 Å². The van der Waals surface area contributed by atoms with E-state index in [0.29, 0.717) is 6.42 Å². The van der Waals surface area contributed by atoms with E-state index < -0.39 is 0 Å². The van der Waals surface area contributed by atoms with Crippen LogP contribution in [-0.2, 0) is 6.42 Å². The van der Waals surface area contributed by atoms with Gasteiger partial charge in [0.25, 0.3) is 0 Å². The van der Waals surface area contributed by atoms with Crippen LogP contribution in [0.4, 0.5) is 4.39 Å². The van der Waals surface area contributed by atoms with Crippen LogP contribution in [0.2, 0.25) is 0 Å². The Kier molecular flexibility index (Phi) is 4.85. The molecule has 0 amide bonds. The maximum Gasteiger partial charge on any atom is 0.165 e. The van der Waals surface area contributed by atoms with Gasteiger partial charge in [0.15, 0.2) is 11.6 Å². The highest BCUT2D eigenvalue weighted by Crippen LogP contribution is 2.30. The molecule has 106 valence electrons. The summed E-state index contributed by atoms with van der Waals surface area (Å²) in [5.74, 6) is 0.614. The van der Waals surface area contributed by atoms with Gasteiger partial charge in [-0.2, -0.15) is 0 Å². The molecule has 0 aromatic heterocycles. The molecule has 1 atom stereocenters. The van der Waals surface area contributed by atoms with Gasteiger partial charge in [-0.05, 0) is 41.8 Å². The second-order valence-corrected chi connectivity index (χ2v) is 4.94. The van der Waals surface area contributed by atoms with Gasteiger partial charge in [0, 0.05) is 0 Å². The number of alkyl halides is 1. The van der Waals surface area contributed by atoms with Crippen molar-refractivity contribution in [3.8, 4) is 11.5 Å². The third-order valence-corrected chi connectivity index (χ3v) is 3.49. The fourth-order valence-corrected chi connectivity index (χ4v) is 2.31. The van der Waals surface area contributed by atoms with E-state index in [1.54, 1.807) is 19.2 Å². The van der Waals surface area contributed by atoms with Gasteiger partial charge in [-0.25, -0.2) is 4.39 Å². The number of hydrogen-bond donors (Lipinski definition) is 0. The van der Waals surface area contributed by atoms with Gasteiger partial charge in [-0.15, -0.1) is 11.6 Å².